The number of carbonyl (C=O) groups excluding carboxylic acids is 1. The summed E-state index contributed by atoms with van der Waals surface area (Å²) in [5.41, 5.74) is 1.08. The van der Waals surface area contributed by atoms with Gasteiger partial charge >= 0.3 is 6.36 Å². The standard InChI is InChI=1S/C22H18F3N7O2/c23-22(24,25)34-18-10-4-2-7-15(18)19-28-20(30-29-19)17-9-5-13-31(17)21(33)14-6-1-3-8-16(14)32-26-11-12-27-32/h1-4,6-8,10-12,17H,5,9,13H2,(H,28,29,30). The predicted octanol–water partition coefficient (Wildman–Crippen LogP) is 3.93. The van der Waals surface area contributed by atoms with Crippen LogP contribution in [0.15, 0.2) is 60.9 Å². The van der Waals surface area contributed by atoms with Crippen LogP contribution in [-0.4, -0.2) is 53.9 Å². The van der Waals surface area contributed by atoms with E-state index in [1.165, 1.54) is 35.4 Å². The van der Waals surface area contributed by atoms with Crippen LogP contribution in [0.25, 0.3) is 17.1 Å². The second-order valence-corrected chi connectivity index (χ2v) is 7.60. The SMILES string of the molecule is O=C(c1ccccc1-n1nccn1)N1CCCC1c1nnc(-c2ccccc2OC(F)(F)F)[nH]1. The number of aromatic amines is 1. The van der Waals surface area contributed by atoms with Gasteiger partial charge in [-0.2, -0.15) is 15.0 Å². The molecule has 1 aliphatic heterocycles. The van der Waals surface area contributed by atoms with Crippen LogP contribution in [-0.2, 0) is 0 Å². The van der Waals surface area contributed by atoms with Gasteiger partial charge in [-0.15, -0.1) is 23.4 Å². The zero-order valence-corrected chi connectivity index (χ0v) is 17.6. The van der Waals surface area contributed by atoms with E-state index in [2.05, 4.69) is 30.1 Å². The number of alkyl halides is 3. The number of para-hydroxylation sites is 2. The highest BCUT2D eigenvalue weighted by molar-refractivity contribution is 5.98. The van der Waals surface area contributed by atoms with Crippen LogP contribution in [0.5, 0.6) is 5.75 Å². The average molecular weight is 469 g/mol. The first-order chi connectivity index (χ1) is 16.4. The monoisotopic (exact) mass is 469 g/mol. The molecular formula is C22H18F3N7O2. The molecule has 1 amide bonds. The topological polar surface area (TPSA) is 102 Å². The van der Waals surface area contributed by atoms with Crippen molar-refractivity contribution in [1.82, 2.24) is 35.1 Å². The molecule has 1 N–H and O–H groups in total. The van der Waals surface area contributed by atoms with E-state index >= 15 is 0 Å². The first-order valence-corrected chi connectivity index (χ1v) is 10.4. The quantitative estimate of drug-likeness (QED) is 0.475. The van der Waals surface area contributed by atoms with E-state index in [9.17, 15) is 18.0 Å². The largest absolute Gasteiger partial charge is 0.573 e. The van der Waals surface area contributed by atoms with Crippen LogP contribution >= 0.6 is 0 Å². The van der Waals surface area contributed by atoms with Crippen molar-refractivity contribution in [2.24, 2.45) is 0 Å². The molecule has 0 spiro atoms. The molecule has 2 aromatic carbocycles. The average Bonchev–Trinajstić information content (AvgIpc) is 3.59. The number of aromatic nitrogens is 6. The van der Waals surface area contributed by atoms with Gasteiger partial charge in [-0.3, -0.25) is 4.79 Å². The van der Waals surface area contributed by atoms with Crippen molar-refractivity contribution in [3.8, 4) is 22.8 Å². The third kappa shape index (κ3) is 4.21. The number of hydrogen-bond acceptors (Lipinski definition) is 6. The van der Waals surface area contributed by atoms with Gasteiger partial charge in [0.05, 0.1) is 35.2 Å². The zero-order chi connectivity index (χ0) is 23.7. The molecule has 0 bridgehead atoms. The Kier molecular flexibility index (Phi) is 5.48. The van der Waals surface area contributed by atoms with E-state index < -0.39 is 18.2 Å². The maximum absolute atomic E-state index is 13.5. The number of likely N-dealkylation sites (tertiary alicyclic amines) is 1. The second-order valence-electron chi connectivity index (χ2n) is 7.60. The molecule has 12 heteroatoms. The molecule has 3 heterocycles. The summed E-state index contributed by atoms with van der Waals surface area (Å²) in [6.07, 6.45) is -0.428. The molecule has 2 aromatic heterocycles. The predicted molar refractivity (Wildman–Crippen MR) is 113 cm³/mol. The smallest absolute Gasteiger partial charge is 0.405 e. The Labute approximate surface area is 191 Å². The number of carbonyl (C=O) groups is 1. The zero-order valence-electron chi connectivity index (χ0n) is 17.6. The van der Waals surface area contributed by atoms with Crippen LogP contribution in [0.4, 0.5) is 13.2 Å². The highest BCUT2D eigenvalue weighted by Crippen LogP contribution is 2.35. The van der Waals surface area contributed by atoms with Gasteiger partial charge in [0, 0.05) is 6.54 Å². The van der Waals surface area contributed by atoms with E-state index in [0.29, 0.717) is 30.0 Å². The molecule has 1 aliphatic rings. The second kappa shape index (κ2) is 8.61. The molecule has 174 valence electrons. The van der Waals surface area contributed by atoms with Gasteiger partial charge in [0.25, 0.3) is 5.91 Å². The third-order valence-electron chi connectivity index (χ3n) is 5.47. The molecule has 5 rings (SSSR count). The normalized spacial score (nSPS) is 16.1. The summed E-state index contributed by atoms with van der Waals surface area (Å²) in [6, 6.07) is 12.3. The first-order valence-electron chi connectivity index (χ1n) is 10.4. The Balaban J connectivity index is 1.44. The summed E-state index contributed by atoms with van der Waals surface area (Å²) in [6.45, 7) is 0.494. The van der Waals surface area contributed by atoms with Crippen LogP contribution in [0.3, 0.4) is 0 Å². The van der Waals surface area contributed by atoms with E-state index in [1.54, 1.807) is 35.2 Å². The summed E-state index contributed by atoms with van der Waals surface area (Å²) in [5, 5.41) is 16.4. The number of hydrogen-bond donors (Lipinski definition) is 1. The van der Waals surface area contributed by atoms with E-state index in [1.807, 2.05) is 0 Å². The minimum absolute atomic E-state index is 0.115. The first kappa shape index (κ1) is 21.6. The number of nitrogens with one attached hydrogen (secondary N) is 1. The van der Waals surface area contributed by atoms with Gasteiger partial charge in [-0.25, -0.2) is 0 Å². The number of ether oxygens (including phenoxy) is 1. The molecular weight excluding hydrogens is 451 g/mol. The maximum Gasteiger partial charge on any atom is 0.573 e. The highest BCUT2D eigenvalue weighted by atomic mass is 19.4. The number of halogens is 3. The number of benzene rings is 2. The van der Waals surface area contributed by atoms with Gasteiger partial charge in [0.1, 0.15) is 5.75 Å². The van der Waals surface area contributed by atoms with Crippen LogP contribution in [0.1, 0.15) is 35.1 Å². The summed E-state index contributed by atoms with van der Waals surface area (Å²) < 4.78 is 42.5. The number of rotatable bonds is 5. The van der Waals surface area contributed by atoms with Crippen LogP contribution in [0, 0.1) is 0 Å². The van der Waals surface area contributed by atoms with Crippen molar-refractivity contribution in [2.45, 2.75) is 25.2 Å². The van der Waals surface area contributed by atoms with Crippen LogP contribution < -0.4 is 4.74 Å². The fraction of sp³-hybridized carbons (Fsp3) is 0.227. The van der Waals surface area contributed by atoms with Crippen molar-refractivity contribution in [2.75, 3.05) is 6.54 Å². The van der Waals surface area contributed by atoms with E-state index in [0.717, 1.165) is 6.42 Å². The number of H-pyrrole nitrogens is 1. The molecule has 9 nitrogen and oxygen atoms in total. The lowest BCUT2D eigenvalue weighted by atomic mass is 10.1. The van der Waals surface area contributed by atoms with Crippen molar-refractivity contribution in [1.29, 1.82) is 0 Å². The highest BCUT2D eigenvalue weighted by Gasteiger charge is 2.35. The molecule has 34 heavy (non-hydrogen) atoms. The lowest BCUT2D eigenvalue weighted by molar-refractivity contribution is -0.274. The Morgan fingerprint density at radius 3 is 2.56 bits per heavy atom. The van der Waals surface area contributed by atoms with E-state index in [-0.39, 0.29) is 17.3 Å². The minimum Gasteiger partial charge on any atom is -0.405 e. The molecule has 1 fully saturated rings. The molecule has 0 radical (unpaired) electrons. The van der Waals surface area contributed by atoms with Crippen molar-refractivity contribution >= 4 is 5.91 Å². The summed E-state index contributed by atoms with van der Waals surface area (Å²) >= 11 is 0. The third-order valence-corrected chi connectivity index (χ3v) is 5.47. The Morgan fingerprint density at radius 2 is 1.76 bits per heavy atom. The van der Waals surface area contributed by atoms with Gasteiger partial charge in [0.2, 0.25) is 0 Å². The van der Waals surface area contributed by atoms with Crippen LogP contribution in [0.2, 0.25) is 0 Å². The Bertz CT molecular complexity index is 1300. The van der Waals surface area contributed by atoms with Gasteiger partial charge in [-0.1, -0.05) is 24.3 Å². The van der Waals surface area contributed by atoms with Crippen molar-refractivity contribution in [3.63, 3.8) is 0 Å². The maximum atomic E-state index is 13.5. The number of nitrogens with zero attached hydrogens (tertiary/aromatic N) is 6. The fourth-order valence-corrected chi connectivity index (χ4v) is 4.04. The van der Waals surface area contributed by atoms with E-state index in [4.69, 9.17) is 0 Å². The summed E-state index contributed by atoms with van der Waals surface area (Å²) in [4.78, 5) is 19.5. The molecule has 1 unspecified atom stereocenters. The van der Waals surface area contributed by atoms with Gasteiger partial charge in [0.15, 0.2) is 11.6 Å². The molecule has 4 aromatic rings. The molecule has 0 saturated carbocycles. The lowest BCUT2D eigenvalue weighted by Crippen LogP contribution is -2.32. The van der Waals surface area contributed by atoms with Crippen molar-refractivity contribution < 1.29 is 22.7 Å². The van der Waals surface area contributed by atoms with Gasteiger partial charge < -0.3 is 14.6 Å². The lowest BCUT2D eigenvalue weighted by Gasteiger charge is -2.23. The van der Waals surface area contributed by atoms with Gasteiger partial charge in [-0.05, 0) is 37.1 Å². The summed E-state index contributed by atoms with van der Waals surface area (Å²) in [5.74, 6) is -0.112. The molecule has 1 saturated heterocycles. The number of amides is 1. The minimum atomic E-state index is -4.84. The summed E-state index contributed by atoms with van der Waals surface area (Å²) in [7, 11) is 0. The van der Waals surface area contributed by atoms with Crippen molar-refractivity contribution in [3.05, 3.63) is 72.3 Å². The Hall–Kier alpha value is -4.22. The Morgan fingerprint density at radius 1 is 1.03 bits per heavy atom. The fourth-order valence-electron chi connectivity index (χ4n) is 4.04. The molecule has 0 aliphatic carbocycles. The molecule has 1 atom stereocenters.